The standard InChI is InChI=1S/C16H22BrNO3/c1-18-10-12-8-13(17)2-3-15(12)21-14-4-6-20-16(9-14)5-7-19-11-16/h2-3,8,14,18H,4-7,9-11H2,1H3. The Kier molecular flexibility index (Phi) is 4.84. The number of hydrogen-bond donors (Lipinski definition) is 1. The molecule has 2 aliphatic heterocycles. The van der Waals surface area contributed by atoms with Crippen molar-refractivity contribution in [2.24, 2.45) is 0 Å². The molecule has 2 aliphatic rings. The van der Waals surface area contributed by atoms with E-state index >= 15 is 0 Å². The molecule has 21 heavy (non-hydrogen) atoms. The van der Waals surface area contributed by atoms with E-state index in [2.05, 4.69) is 27.3 Å². The number of benzene rings is 1. The minimum atomic E-state index is -0.110. The minimum Gasteiger partial charge on any atom is -0.490 e. The SMILES string of the molecule is CNCc1cc(Br)ccc1OC1CCOC2(CCOC2)C1. The molecule has 1 aromatic rings. The minimum absolute atomic E-state index is 0.110. The molecule has 0 radical (unpaired) electrons. The molecule has 0 bridgehead atoms. The summed E-state index contributed by atoms with van der Waals surface area (Å²) in [6, 6.07) is 6.19. The first kappa shape index (κ1) is 15.3. The Morgan fingerprint density at radius 2 is 2.33 bits per heavy atom. The summed E-state index contributed by atoms with van der Waals surface area (Å²) in [4.78, 5) is 0. The van der Waals surface area contributed by atoms with E-state index < -0.39 is 0 Å². The van der Waals surface area contributed by atoms with Crippen molar-refractivity contribution in [2.75, 3.05) is 26.9 Å². The second-order valence-electron chi connectivity index (χ2n) is 5.85. The van der Waals surface area contributed by atoms with E-state index in [1.165, 1.54) is 5.56 Å². The van der Waals surface area contributed by atoms with E-state index in [9.17, 15) is 0 Å². The zero-order valence-corrected chi connectivity index (χ0v) is 13.9. The summed E-state index contributed by atoms with van der Waals surface area (Å²) < 4.78 is 18.8. The van der Waals surface area contributed by atoms with Gasteiger partial charge in [-0.15, -0.1) is 0 Å². The molecule has 1 spiro atoms. The maximum absolute atomic E-state index is 6.28. The van der Waals surface area contributed by atoms with E-state index in [4.69, 9.17) is 14.2 Å². The third-order valence-corrected chi connectivity index (χ3v) is 4.69. The van der Waals surface area contributed by atoms with Crippen LogP contribution < -0.4 is 10.1 Å². The first-order valence-electron chi connectivity index (χ1n) is 7.52. The van der Waals surface area contributed by atoms with Crippen molar-refractivity contribution in [1.82, 2.24) is 5.32 Å². The normalized spacial score (nSPS) is 29.0. The number of rotatable bonds is 4. The molecular formula is C16H22BrNO3. The Hall–Kier alpha value is -0.620. The Bertz CT molecular complexity index is 488. The van der Waals surface area contributed by atoms with Crippen LogP contribution in [-0.2, 0) is 16.0 Å². The molecule has 2 heterocycles. The Morgan fingerprint density at radius 1 is 1.43 bits per heavy atom. The van der Waals surface area contributed by atoms with Gasteiger partial charge in [0.15, 0.2) is 0 Å². The lowest BCUT2D eigenvalue weighted by molar-refractivity contribution is -0.112. The predicted octanol–water partition coefficient (Wildman–Crippen LogP) is 2.89. The molecule has 1 aromatic carbocycles. The largest absolute Gasteiger partial charge is 0.490 e. The summed E-state index contributed by atoms with van der Waals surface area (Å²) in [6.07, 6.45) is 3.05. The topological polar surface area (TPSA) is 39.7 Å². The molecule has 2 fully saturated rings. The zero-order chi connectivity index (χ0) is 14.7. The number of ether oxygens (including phenoxy) is 3. The van der Waals surface area contributed by atoms with Gasteiger partial charge in [-0.2, -0.15) is 0 Å². The fourth-order valence-corrected chi connectivity index (χ4v) is 3.53. The Morgan fingerprint density at radius 3 is 3.10 bits per heavy atom. The first-order chi connectivity index (χ1) is 10.2. The Labute approximate surface area is 134 Å². The van der Waals surface area contributed by atoms with Gasteiger partial charge in [0.25, 0.3) is 0 Å². The Balaban J connectivity index is 1.71. The molecule has 5 heteroatoms. The van der Waals surface area contributed by atoms with Gasteiger partial charge < -0.3 is 19.5 Å². The van der Waals surface area contributed by atoms with Crippen molar-refractivity contribution in [1.29, 1.82) is 0 Å². The van der Waals surface area contributed by atoms with E-state index in [1.807, 2.05) is 19.2 Å². The van der Waals surface area contributed by atoms with Crippen molar-refractivity contribution in [3.63, 3.8) is 0 Å². The molecule has 4 nitrogen and oxygen atoms in total. The fourth-order valence-electron chi connectivity index (χ4n) is 3.12. The van der Waals surface area contributed by atoms with Crippen LogP contribution in [0.4, 0.5) is 0 Å². The van der Waals surface area contributed by atoms with Crippen LogP contribution in [0.2, 0.25) is 0 Å². The number of nitrogens with one attached hydrogen (secondary N) is 1. The average Bonchev–Trinajstić information content (AvgIpc) is 2.90. The smallest absolute Gasteiger partial charge is 0.124 e. The number of hydrogen-bond acceptors (Lipinski definition) is 4. The van der Waals surface area contributed by atoms with Crippen LogP contribution in [0.1, 0.15) is 24.8 Å². The van der Waals surface area contributed by atoms with Crippen LogP contribution in [0, 0.1) is 0 Å². The first-order valence-corrected chi connectivity index (χ1v) is 8.31. The van der Waals surface area contributed by atoms with E-state index in [0.29, 0.717) is 6.61 Å². The van der Waals surface area contributed by atoms with Gasteiger partial charge in [-0.1, -0.05) is 15.9 Å². The zero-order valence-electron chi connectivity index (χ0n) is 12.4. The van der Waals surface area contributed by atoms with Crippen LogP contribution in [-0.4, -0.2) is 38.6 Å². The van der Waals surface area contributed by atoms with Crippen LogP contribution in [0.3, 0.4) is 0 Å². The van der Waals surface area contributed by atoms with E-state index in [0.717, 1.165) is 49.2 Å². The highest BCUT2D eigenvalue weighted by atomic mass is 79.9. The molecule has 0 saturated carbocycles. The summed E-state index contributed by atoms with van der Waals surface area (Å²) in [5, 5.41) is 3.19. The lowest BCUT2D eigenvalue weighted by Gasteiger charge is -2.37. The molecule has 2 saturated heterocycles. The van der Waals surface area contributed by atoms with Gasteiger partial charge in [0, 0.05) is 42.5 Å². The van der Waals surface area contributed by atoms with Crippen molar-refractivity contribution in [3.05, 3.63) is 28.2 Å². The molecule has 0 aromatic heterocycles. The van der Waals surface area contributed by atoms with E-state index in [1.54, 1.807) is 0 Å². The second kappa shape index (κ2) is 6.65. The van der Waals surface area contributed by atoms with Gasteiger partial charge in [0.1, 0.15) is 11.9 Å². The maximum Gasteiger partial charge on any atom is 0.124 e. The average molecular weight is 356 g/mol. The van der Waals surface area contributed by atoms with Crippen molar-refractivity contribution in [3.8, 4) is 5.75 Å². The van der Waals surface area contributed by atoms with Gasteiger partial charge in [-0.25, -0.2) is 0 Å². The second-order valence-corrected chi connectivity index (χ2v) is 6.76. The predicted molar refractivity (Wildman–Crippen MR) is 84.7 cm³/mol. The van der Waals surface area contributed by atoms with Gasteiger partial charge >= 0.3 is 0 Å². The van der Waals surface area contributed by atoms with Gasteiger partial charge in [0.05, 0.1) is 18.8 Å². The van der Waals surface area contributed by atoms with Crippen molar-refractivity contribution >= 4 is 15.9 Å². The maximum atomic E-state index is 6.28. The van der Waals surface area contributed by atoms with Crippen molar-refractivity contribution in [2.45, 2.75) is 37.5 Å². The molecule has 0 aliphatic carbocycles. The van der Waals surface area contributed by atoms with Gasteiger partial charge in [0.2, 0.25) is 0 Å². The molecule has 116 valence electrons. The summed E-state index contributed by atoms with van der Waals surface area (Å²) in [5.41, 5.74) is 1.07. The molecular weight excluding hydrogens is 334 g/mol. The van der Waals surface area contributed by atoms with Crippen LogP contribution >= 0.6 is 15.9 Å². The molecule has 2 atom stereocenters. The molecule has 2 unspecified atom stereocenters. The van der Waals surface area contributed by atoms with Crippen LogP contribution in [0.25, 0.3) is 0 Å². The highest BCUT2D eigenvalue weighted by Crippen LogP contribution is 2.35. The summed E-state index contributed by atoms with van der Waals surface area (Å²) in [5.74, 6) is 0.966. The summed E-state index contributed by atoms with van der Waals surface area (Å²) in [6.45, 7) is 3.06. The van der Waals surface area contributed by atoms with E-state index in [-0.39, 0.29) is 11.7 Å². The van der Waals surface area contributed by atoms with Gasteiger partial charge in [-0.3, -0.25) is 0 Å². The highest BCUT2D eigenvalue weighted by Gasteiger charge is 2.41. The molecule has 1 N–H and O–H groups in total. The van der Waals surface area contributed by atoms with Gasteiger partial charge in [-0.05, 0) is 25.2 Å². The molecule has 0 amide bonds. The third-order valence-electron chi connectivity index (χ3n) is 4.20. The van der Waals surface area contributed by atoms with Crippen LogP contribution in [0.5, 0.6) is 5.75 Å². The summed E-state index contributed by atoms with van der Waals surface area (Å²) >= 11 is 3.52. The molecule has 3 rings (SSSR count). The monoisotopic (exact) mass is 355 g/mol. The lowest BCUT2D eigenvalue weighted by atomic mass is 9.91. The van der Waals surface area contributed by atoms with Crippen molar-refractivity contribution < 1.29 is 14.2 Å². The number of halogens is 1. The fraction of sp³-hybridized carbons (Fsp3) is 0.625. The summed E-state index contributed by atoms with van der Waals surface area (Å²) in [7, 11) is 1.95. The quantitative estimate of drug-likeness (QED) is 0.901. The van der Waals surface area contributed by atoms with Crippen LogP contribution in [0.15, 0.2) is 22.7 Å². The lowest BCUT2D eigenvalue weighted by Crippen LogP contribution is -2.44. The highest BCUT2D eigenvalue weighted by molar-refractivity contribution is 9.10. The third kappa shape index (κ3) is 3.59.